The van der Waals surface area contributed by atoms with Crippen LogP contribution in [0.15, 0.2) is 11.0 Å². The minimum Gasteiger partial charge on any atom is -0.481 e. The van der Waals surface area contributed by atoms with Crippen molar-refractivity contribution in [2.24, 2.45) is 0 Å². The largest absolute Gasteiger partial charge is 0.573 e. The normalized spacial score (nSPS) is 11.7. The number of rotatable bonds is 4. The Labute approximate surface area is 101 Å². The maximum absolute atomic E-state index is 12.5. The molecular formula is C9H6F5NO4. The van der Waals surface area contributed by atoms with Crippen LogP contribution in [0, 0.1) is 0 Å². The molecule has 1 aromatic rings. The minimum absolute atomic E-state index is 0.347. The Morgan fingerprint density at radius 2 is 2.00 bits per heavy atom. The van der Waals surface area contributed by atoms with Crippen LogP contribution in [0.5, 0.6) is 5.75 Å². The Kier molecular flexibility index (Phi) is 4.12. The first kappa shape index (κ1) is 14.9. The first-order valence-corrected chi connectivity index (χ1v) is 4.62. The summed E-state index contributed by atoms with van der Waals surface area (Å²) in [6.07, 6.45) is -9.53. The van der Waals surface area contributed by atoms with Gasteiger partial charge in [-0.1, -0.05) is 0 Å². The number of pyridine rings is 1. The average molecular weight is 287 g/mol. The summed E-state index contributed by atoms with van der Waals surface area (Å²) in [5, 5.41) is 8.47. The second-order valence-corrected chi connectivity index (χ2v) is 3.30. The van der Waals surface area contributed by atoms with E-state index in [0.29, 0.717) is 6.20 Å². The van der Waals surface area contributed by atoms with Crippen LogP contribution in [0.2, 0.25) is 0 Å². The number of aliphatic carboxylic acids is 1. The van der Waals surface area contributed by atoms with Crippen molar-refractivity contribution in [3.05, 3.63) is 27.7 Å². The first-order valence-electron chi connectivity index (χ1n) is 4.62. The van der Waals surface area contributed by atoms with Crippen LogP contribution in [-0.2, 0) is 11.2 Å². The van der Waals surface area contributed by atoms with Crippen molar-refractivity contribution in [2.75, 3.05) is 0 Å². The zero-order valence-corrected chi connectivity index (χ0v) is 8.92. The molecule has 1 heterocycles. The van der Waals surface area contributed by atoms with Crippen LogP contribution in [0.1, 0.15) is 17.6 Å². The molecule has 0 amide bonds. The van der Waals surface area contributed by atoms with Crippen LogP contribution in [0.25, 0.3) is 0 Å². The average Bonchev–Trinajstić information content (AvgIpc) is 2.20. The molecule has 1 rings (SSSR count). The number of carbonyl (C=O) groups is 1. The summed E-state index contributed by atoms with van der Waals surface area (Å²) in [6, 6.07) is 0. The van der Waals surface area contributed by atoms with Crippen molar-refractivity contribution in [3.8, 4) is 5.75 Å². The molecule has 0 fully saturated rings. The van der Waals surface area contributed by atoms with E-state index in [1.54, 1.807) is 4.98 Å². The van der Waals surface area contributed by atoms with Crippen LogP contribution < -0.4 is 10.3 Å². The van der Waals surface area contributed by atoms with Gasteiger partial charge in [-0.3, -0.25) is 9.59 Å². The monoisotopic (exact) mass is 287 g/mol. The summed E-state index contributed by atoms with van der Waals surface area (Å²) in [7, 11) is 0. The van der Waals surface area contributed by atoms with Crippen molar-refractivity contribution in [3.63, 3.8) is 0 Å². The third kappa shape index (κ3) is 3.93. The Bertz CT molecular complexity index is 536. The third-order valence-corrected chi connectivity index (χ3v) is 1.95. The summed E-state index contributed by atoms with van der Waals surface area (Å²) >= 11 is 0. The Morgan fingerprint density at radius 1 is 1.42 bits per heavy atom. The van der Waals surface area contributed by atoms with E-state index in [0.717, 1.165) is 0 Å². The lowest BCUT2D eigenvalue weighted by Gasteiger charge is -2.15. The van der Waals surface area contributed by atoms with Gasteiger partial charge in [0.2, 0.25) is 0 Å². The van der Waals surface area contributed by atoms with Gasteiger partial charge >= 0.3 is 12.3 Å². The number of hydrogen-bond acceptors (Lipinski definition) is 3. The quantitative estimate of drug-likeness (QED) is 0.828. The molecule has 2 N–H and O–H groups in total. The van der Waals surface area contributed by atoms with Crippen molar-refractivity contribution < 1.29 is 36.6 Å². The fraction of sp³-hybridized carbons (Fsp3) is 0.333. The number of H-pyrrole nitrogens is 1. The van der Waals surface area contributed by atoms with E-state index in [2.05, 4.69) is 4.74 Å². The number of nitrogens with one attached hydrogen (secondary N) is 1. The molecule has 1 aromatic heterocycles. The van der Waals surface area contributed by atoms with E-state index < -0.39 is 47.6 Å². The van der Waals surface area contributed by atoms with Gasteiger partial charge in [0.05, 0.1) is 17.5 Å². The predicted molar refractivity (Wildman–Crippen MR) is 50.0 cm³/mol. The highest BCUT2D eigenvalue weighted by Crippen LogP contribution is 2.34. The third-order valence-electron chi connectivity index (χ3n) is 1.95. The van der Waals surface area contributed by atoms with E-state index in [4.69, 9.17) is 5.11 Å². The molecule has 0 radical (unpaired) electrons. The highest BCUT2D eigenvalue weighted by atomic mass is 19.4. The number of ether oxygens (including phenoxy) is 1. The van der Waals surface area contributed by atoms with Gasteiger partial charge in [0.25, 0.3) is 12.0 Å². The number of hydrogen-bond donors (Lipinski definition) is 2. The molecule has 0 aliphatic heterocycles. The molecule has 0 aliphatic rings. The smallest absolute Gasteiger partial charge is 0.481 e. The number of carboxylic acid groups (broad SMARTS) is 1. The molecule has 0 aliphatic carbocycles. The van der Waals surface area contributed by atoms with Crippen molar-refractivity contribution in [2.45, 2.75) is 19.2 Å². The topological polar surface area (TPSA) is 79.4 Å². The van der Waals surface area contributed by atoms with Gasteiger partial charge in [-0.25, -0.2) is 8.78 Å². The summed E-state index contributed by atoms with van der Waals surface area (Å²) < 4.78 is 64.7. The highest BCUT2D eigenvalue weighted by Gasteiger charge is 2.35. The van der Waals surface area contributed by atoms with Crippen LogP contribution >= 0.6 is 0 Å². The van der Waals surface area contributed by atoms with Gasteiger partial charge in [0, 0.05) is 6.20 Å². The van der Waals surface area contributed by atoms with Crippen molar-refractivity contribution in [1.82, 2.24) is 4.98 Å². The van der Waals surface area contributed by atoms with Gasteiger partial charge in [0.1, 0.15) is 5.75 Å². The zero-order chi connectivity index (χ0) is 14.8. The van der Waals surface area contributed by atoms with E-state index in [9.17, 15) is 31.5 Å². The SMILES string of the molecule is O=C(O)Cc1c(OC(F)(F)F)c(C(F)F)c[nH]c1=O. The van der Waals surface area contributed by atoms with Gasteiger partial charge in [-0.05, 0) is 0 Å². The highest BCUT2D eigenvalue weighted by molar-refractivity contribution is 5.71. The summed E-state index contributed by atoms with van der Waals surface area (Å²) in [6.45, 7) is 0. The Morgan fingerprint density at radius 3 is 2.42 bits per heavy atom. The molecule has 106 valence electrons. The molecule has 0 saturated heterocycles. The number of carboxylic acids is 1. The van der Waals surface area contributed by atoms with Crippen LogP contribution in [0.4, 0.5) is 22.0 Å². The van der Waals surface area contributed by atoms with Crippen molar-refractivity contribution >= 4 is 5.97 Å². The van der Waals surface area contributed by atoms with Gasteiger partial charge in [-0.15, -0.1) is 13.2 Å². The van der Waals surface area contributed by atoms with Crippen molar-refractivity contribution in [1.29, 1.82) is 0 Å². The predicted octanol–water partition coefficient (Wildman–Crippen LogP) is 1.84. The first-order chi connectivity index (χ1) is 8.61. The molecule has 5 nitrogen and oxygen atoms in total. The fourth-order valence-corrected chi connectivity index (χ4v) is 1.28. The summed E-state index contributed by atoms with van der Waals surface area (Å²) in [5.74, 6) is -3.14. The van der Waals surface area contributed by atoms with Gasteiger partial charge in [0.15, 0.2) is 0 Å². The number of aromatic amines is 1. The van der Waals surface area contributed by atoms with Crippen LogP contribution in [0.3, 0.4) is 0 Å². The molecule has 0 spiro atoms. The van der Waals surface area contributed by atoms with Gasteiger partial charge < -0.3 is 14.8 Å². The molecule has 0 atom stereocenters. The van der Waals surface area contributed by atoms with E-state index in [-0.39, 0.29) is 0 Å². The Hall–Kier alpha value is -2.13. The molecular weight excluding hydrogens is 281 g/mol. The molecule has 0 aromatic carbocycles. The van der Waals surface area contributed by atoms with E-state index >= 15 is 0 Å². The van der Waals surface area contributed by atoms with Gasteiger partial charge in [-0.2, -0.15) is 0 Å². The fourth-order valence-electron chi connectivity index (χ4n) is 1.28. The second kappa shape index (κ2) is 5.24. The van der Waals surface area contributed by atoms with E-state index in [1.165, 1.54) is 0 Å². The lowest BCUT2D eigenvalue weighted by Crippen LogP contribution is -2.25. The molecule has 0 bridgehead atoms. The van der Waals surface area contributed by atoms with E-state index in [1.807, 2.05) is 0 Å². The maximum atomic E-state index is 12.5. The molecule has 10 heteroatoms. The summed E-state index contributed by atoms with van der Waals surface area (Å²) in [5.41, 5.74) is -3.51. The lowest BCUT2D eigenvalue weighted by atomic mass is 10.1. The molecule has 0 unspecified atom stereocenters. The number of aromatic nitrogens is 1. The molecule has 0 saturated carbocycles. The maximum Gasteiger partial charge on any atom is 0.573 e. The summed E-state index contributed by atoms with van der Waals surface area (Å²) in [4.78, 5) is 23.4. The lowest BCUT2D eigenvalue weighted by molar-refractivity contribution is -0.275. The number of halogens is 5. The standard InChI is InChI=1S/C9H6F5NO4/c10-7(11)4-2-15-8(18)3(1-5(16)17)6(4)19-9(12,13)14/h2,7H,1H2,(H,15,18)(H,16,17). The zero-order valence-electron chi connectivity index (χ0n) is 8.92. The Balaban J connectivity index is 3.45. The number of alkyl halides is 5. The molecule has 19 heavy (non-hydrogen) atoms. The van der Waals surface area contributed by atoms with Crippen LogP contribution in [-0.4, -0.2) is 22.4 Å². The minimum atomic E-state index is -5.33. The second-order valence-electron chi connectivity index (χ2n) is 3.30.